The molecule has 1 aliphatic rings. The van der Waals surface area contributed by atoms with Gasteiger partial charge in [-0.3, -0.25) is 0 Å². The van der Waals surface area contributed by atoms with Gasteiger partial charge < -0.3 is 0 Å². The molecule has 0 bridgehead atoms. The van der Waals surface area contributed by atoms with Gasteiger partial charge in [0.05, 0.1) is 0 Å². The van der Waals surface area contributed by atoms with Gasteiger partial charge in [-0.25, -0.2) is 0 Å². The summed E-state index contributed by atoms with van der Waals surface area (Å²) in [5, 5.41) is 2.27. The van der Waals surface area contributed by atoms with Gasteiger partial charge in [-0.1, -0.05) is 24.1 Å². The second-order valence-electron chi connectivity index (χ2n) is 1.94. The fraction of sp³-hybridized carbons (Fsp3) is 0.667. The van der Waals surface area contributed by atoms with Gasteiger partial charge in [0.15, 0.2) is 0 Å². The van der Waals surface area contributed by atoms with E-state index in [-0.39, 0.29) is 0 Å². The highest BCUT2D eigenvalue weighted by atomic mass is 33.5. The van der Waals surface area contributed by atoms with Gasteiger partial charge >= 0.3 is 0 Å². The molecule has 0 aromatic carbocycles. The molecule has 0 saturated heterocycles. The van der Waals surface area contributed by atoms with Gasteiger partial charge in [0.25, 0.3) is 0 Å². The maximum atomic E-state index is 2.27. The van der Waals surface area contributed by atoms with Crippen molar-refractivity contribution in [3.63, 3.8) is 0 Å². The van der Waals surface area contributed by atoms with Gasteiger partial charge in [-0.05, 0) is 38.9 Å². The highest BCUT2D eigenvalue weighted by molar-refractivity contribution is 9.11. The zero-order valence-electron chi connectivity index (χ0n) is 5.42. The average Bonchev–Trinajstić information content (AvgIpc) is 2.34. The first-order valence-corrected chi connectivity index (χ1v) is 6.67. The van der Waals surface area contributed by atoms with Crippen molar-refractivity contribution in [2.45, 2.75) is 26.2 Å². The molecule has 0 fully saturated rings. The number of hydrogen-bond donors (Lipinski definition) is 0. The number of rotatable bonds is 3. The second-order valence-corrected chi connectivity index (χ2v) is 5.90. The Hall–Kier alpha value is 0.790. The van der Waals surface area contributed by atoms with Crippen LogP contribution in [0.3, 0.4) is 0 Å². The van der Waals surface area contributed by atoms with E-state index in [1.165, 1.54) is 19.3 Å². The molecule has 9 heavy (non-hydrogen) atoms. The van der Waals surface area contributed by atoms with Crippen LogP contribution in [0.2, 0.25) is 0 Å². The molecule has 1 heterocycles. The molecule has 0 aromatic heterocycles. The van der Waals surface area contributed by atoms with Crippen molar-refractivity contribution >= 4 is 31.4 Å². The normalized spacial score (nSPS) is 18.1. The molecule has 0 atom stereocenters. The van der Waals surface area contributed by atoms with Crippen LogP contribution in [0.5, 0.6) is 0 Å². The van der Waals surface area contributed by atoms with E-state index in [9.17, 15) is 0 Å². The number of allylic oxidation sites excluding steroid dienone is 1. The van der Waals surface area contributed by atoms with Crippen molar-refractivity contribution in [1.82, 2.24) is 0 Å². The van der Waals surface area contributed by atoms with Crippen LogP contribution in [0.4, 0.5) is 0 Å². The van der Waals surface area contributed by atoms with Crippen LogP contribution < -0.4 is 0 Å². The molecule has 1 aliphatic heterocycles. The van der Waals surface area contributed by atoms with Crippen LogP contribution in [0.1, 0.15) is 26.2 Å². The summed E-state index contributed by atoms with van der Waals surface area (Å²) in [7, 11) is 5.65. The molecule has 0 spiro atoms. The van der Waals surface area contributed by atoms with Crippen molar-refractivity contribution in [1.29, 1.82) is 0 Å². The second kappa shape index (κ2) is 4.58. The number of hydrogen-bond acceptors (Lipinski definition) is 3. The monoisotopic (exact) mass is 178 g/mol. The summed E-state index contributed by atoms with van der Waals surface area (Å²) in [6.07, 6.45) is 3.95. The molecular weight excluding hydrogens is 168 g/mol. The van der Waals surface area contributed by atoms with Gasteiger partial charge in [-0.15, -0.1) is 0 Å². The minimum Gasteiger partial charge on any atom is -0.0654 e. The highest BCUT2D eigenvalue weighted by Gasteiger charge is 2.04. The van der Waals surface area contributed by atoms with E-state index in [0.717, 1.165) is 0 Å². The quantitative estimate of drug-likeness (QED) is 0.598. The van der Waals surface area contributed by atoms with E-state index in [1.54, 1.807) is 4.91 Å². The average molecular weight is 178 g/mol. The zero-order valence-corrected chi connectivity index (χ0v) is 7.87. The molecule has 52 valence electrons. The third-order valence-corrected chi connectivity index (χ3v) is 5.04. The summed E-state index contributed by atoms with van der Waals surface area (Å²) in [6.45, 7) is 2.24. The first kappa shape index (κ1) is 7.89. The summed E-state index contributed by atoms with van der Waals surface area (Å²) in [4.78, 5) is 1.56. The lowest BCUT2D eigenvalue weighted by molar-refractivity contribution is 0.810. The van der Waals surface area contributed by atoms with Crippen molar-refractivity contribution in [3.05, 3.63) is 10.3 Å². The third kappa shape index (κ3) is 2.92. The molecule has 0 unspecified atom stereocenters. The SMILES string of the molecule is CCCCC1=CSSS1. The molecule has 0 saturated carbocycles. The Labute approximate surface area is 68.0 Å². The van der Waals surface area contributed by atoms with Crippen LogP contribution in [-0.4, -0.2) is 0 Å². The predicted octanol–water partition coefficient (Wildman–Crippen LogP) is 4.06. The van der Waals surface area contributed by atoms with E-state index < -0.39 is 0 Å². The minimum atomic E-state index is 1.29. The smallest absolute Gasteiger partial charge is 0.00382 e. The maximum absolute atomic E-state index is 2.27. The Morgan fingerprint density at radius 1 is 1.56 bits per heavy atom. The molecule has 0 nitrogen and oxygen atoms in total. The summed E-state index contributed by atoms with van der Waals surface area (Å²) in [5.74, 6) is 0. The lowest BCUT2D eigenvalue weighted by atomic mass is 10.2. The minimum absolute atomic E-state index is 1.29. The Bertz CT molecular complexity index is 109. The van der Waals surface area contributed by atoms with Crippen LogP contribution in [-0.2, 0) is 0 Å². The fourth-order valence-electron chi connectivity index (χ4n) is 0.608. The van der Waals surface area contributed by atoms with Crippen LogP contribution in [0.15, 0.2) is 10.3 Å². The maximum Gasteiger partial charge on any atom is 0.00382 e. The first-order chi connectivity index (χ1) is 4.43. The van der Waals surface area contributed by atoms with Gasteiger partial charge in [0.2, 0.25) is 0 Å². The fourth-order valence-corrected chi connectivity index (χ4v) is 4.65. The van der Waals surface area contributed by atoms with Crippen LogP contribution in [0.25, 0.3) is 0 Å². The van der Waals surface area contributed by atoms with Gasteiger partial charge in [0, 0.05) is 4.91 Å². The third-order valence-electron chi connectivity index (χ3n) is 1.14. The van der Waals surface area contributed by atoms with Crippen molar-refractivity contribution in [2.24, 2.45) is 0 Å². The van der Waals surface area contributed by atoms with E-state index >= 15 is 0 Å². The summed E-state index contributed by atoms with van der Waals surface area (Å²) < 4.78 is 0. The molecule has 3 heteroatoms. The number of unbranched alkanes of at least 4 members (excludes halogenated alkanes) is 1. The van der Waals surface area contributed by atoms with E-state index in [1.807, 2.05) is 31.4 Å². The molecule has 0 radical (unpaired) electrons. The lowest BCUT2D eigenvalue weighted by Gasteiger charge is -1.94. The Kier molecular flexibility index (Phi) is 4.02. The lowest BCUT2D eigenvalue weighted by Crippen LogP contribution is -1.71. The Morgan fingerprint density at radius 3 is 3.00 bits per heavy atom. The van der Waals surface area contributed by atoms with E-state index in [0.29, 0.717) is 0 Å². The standard InChI is InChI=1S/C6H10S3/c1-2-3-4-6-5-7-9-8-6/h5H,2-4H2,1H3. The predicted molar refractivity (Wildman–Crippen MR) is 50.4 cm³/mol. The Morgan fingerprint density at radius 2 is 2.44 bits per heavy atom. The van der Waals surface area contributed by atoms with Crippen LogP contribution >= 0.6 is 31.4 Å². The zero-order chi connectivity index (χ0) is 6.53. The highest BCUT2D eigenvalue weighted by Crippen LogP contribution is 2.50. The van der Waals surface area contributed by atoms with Gasteiger partial charge in [0.1, 0.15) is 0 Å². The van der Waals surface area contributed by atoms with E-state index in [4.69, 9.17) is 0 Å². The van der Waals surface area contributed by atoms with Crippen molar-refractivity contribution < 1.29 is 0 Å². The molecule has 0 amide bonds. The molecule has 1 rings (SSSR count). The van der Waals surface area contributed by atoms with Crippen molar-refractivity contribution in [2.75, 3.05) is 0 Å². The molecule has 0 aliphatic carbocycles. The first-order valence-electron chi connectivity index (χ1n) is 3.12. The molecular formula is C6H10S3. The summed E-state index contributed by atoms with van der Waals surface area (Å²) in [5.41, 5.74) is 0. The van der Waals surface area contributed by atoms with Crippen molar-refractivity contribution in [3.8, 4) is 0 Å². The molecule has 0 N–H and O–H groups in total. The summed E-state index contributed by atoms with van der Waals surface area (Å²) >= 11 is 0. The largest absolute Gasteiger partial charge is 0.0654 e. The van der Waals surface area contributed by atoms with Crippen LogP contribution in [0, 0.1) is 0 Å². The topological polar surface area (TPSA) is 0 Å². The Balaban J connectivity index is 2.11. The molecule has 0 aromatic rings. The van der Waals surface area contributed by atoms with Gasteiger partial charge in [-0.2, -0.15) is 0 Å². The summed E-state index contributed by atoms with van der Waals surface area (Å²) in [6, 6.07) is 0. The van der Waals surface area contributed by atoms with E-state index in [2.05, 4.69) is 12.3 Å².